The predicted octanol–water partition coefficient (Wildman–Crippen LogP) is 6.51. The second-order valence-electron chi connectivity index (χ2n) is 7.30. The van der Waals surface area contributed by atoms with Crippen LogP contribution in [0.3, 0.4) is 0 Å². The van der Waals surface area contributed by atoms with Gasteiger partial charge in [-0.05, 0) is 0 Å². The minimum absolute atomic E-state index is 0.743. The van der Waals surface area contributed by atoms with Crippen molar-refractivity contribution >= 4 is 39.2 Å². The summed E-state index contributed by atoms with van der Waals surface area (Å²) in [5.74, 6) is -3.28. The van der Waals surface area contributed by atoms with Crippen molar-refractivity contribution in [3.05, 3.63) is 133 Å². The number of rotatable bonds is 6. The van der Waals surface area contributed by atoms with Crippen LogP contribution in [0.25, 0.3) is 6.08 Å². The first-order valence-electron chi connectivity index (χ1n) is 9.76. The molecule has 4 aromatic rings. The number of hydrogen-bond donors (Lipinski definition) is 0. The summed E-state index contributed by atoms with van der Waals surface area (Å²) >= 11 is 8.11. The molecular formula is C27H24ClP. The Morgan fingerprint density at radius 2 is 1.07 bits per heavy atom. The molecule has 0 saturated carbocycles. The first-order chi connectivity index (χ1) is 14.1. The minimum atomic E-state index is -3.28. The molecule has 0 aliphatic heterocycles. The molecule has 0 amide bonds. The van der Waals surface area contributed by atoms with Gasteiger partial charge in [-0.2, -0.15) is 0 Å². The van der Waals surface area contributed by atoms with Crippen molar-refractivity contribution in [1.82, 2.24) is 0 Å². The second-order valence-corrected chi connectivity index (χ2v) is 13.8. The molecule has 0 spiro atoms. The van der Waals surface area contributed by atoms with E-state index in [2.05, 4.69) is 122 Å². The van der Waals surface area contributed by atoms with Gasteiger partial charge in [0, 0.05) is 0 Å². The van der Waals surface area contributed by atoms with Gasteiger partial charge in [0.2, 0.25) is 0 Å². The van der Waals surface area contributed by atoms with E-state index in [9.17, 15) is 0 Å². The molecular weight excluding hydrogens is 391 g/mol. The van der Waals surface area contributed by atoms with Crippen LogP contribution in [0.2, 0.25) is 0 Å². The van der Waals surface area contributed by atoms with Gasteiger partial charge in [-0.1, -0.05) is 0 Å². The zero-order valence-corrected chi connectivity index (χ0v) is 17.9. The Balaban J connectivity index is 2.08. The molecule has 0 unspecified atom stereocenters. The quantitative estimate of drug-likeness (QED) is 0.315. The molecule has 144 valence electrons. The van der Waals surface area contributed by atoms with Crippen molar-refractivity contribution in [3.63, 3.8) is 0 Å². The first kappa shape index (κ1) is 19.6. The summed E-state index contributed by atoms with van der Waals surface area (Å²) in [5.41, 5.74) is 2.32. The summed E-state index contributed by atoms with van der Waals surface area (Å²) in [6, 6.07) is 40.3. The van der Waals surface area contributed by atoms with E-state index in [4.69, 9.17) is 11.2 Å². The van der Waals surface area contributed by atoms with Gasteiger partial charge < -0.3 is 0 Å². The zero-order valence-electron chi connectivity index (χ0n) is 16.3. The van der Waals surface area contributed by atoms with Crippen molar-refractivity contribution < 1.29 is 0 Å². The third kappa shape index (κ3) is 3.44. The molecule has 4 aromatic carbocycles. The molecule has 0 heterocycles. The topological polar surface area (TPSA) is 0 Å². The molecule has 4 rings (SSSR count). The Bertz CT molecular complexity index is 1010. The Morgan fingerprint density at radius 1 is 0.621 bits per heavy atom. The Hall–Kier alpha value is -2.66. The summed E-state index contributed by atoms with van der Waals surface area (Å²) in [4.78, 5) is 0. The fourth-order valence-electron chi connectivity index (χ4n) is 4.10. The van der Waals surface area contributed by atoms with Crippen LogP contribution in [-0.2, 0) is 6.16 Å². The van der Waals surface area contributed by atoms with Crippen LogP contribution >= 0.6 is 17.2 Å². The molecule has 0 fully saturated rings. The van der Waals surface area contributed by atoms with Crippen LogP contribution in [0.15, 0.2) is 122 Å². The molecule has 0 nitrogen and oxygen atoms in total. The van der Waals surface area contributed by atoms with Gasteiger partial charge in [0.1, 0.15) is 0 Å². The molecule has 0 bridgehead atoms. The monoisotopic (exact) mass is 414 g/mol. The van der Waals surface area contributed by atoms with Gasteiger partial charge in [0.05, 0.1) is 0 Å². The predicted molar refractivity (Wildman–Crippen MR) is 131 cm³/mol. The van der Waals surface area contributed by atoms with Crippen molar-refractivity contribution in [3.8, 4) is 0 Å². The summed E-state index contributed by atoms with van der Waals surface area (Å²) < 4.78 is 0. The van der Waals surface area contributed by atoms with Crippen molar-refractivity contribution in [1.29, 1.82) is 0 Å². The van der Waals surface area contributed by atoms with Gasteiger partial charge in [-0.25, -0.2) is 0 Å². The zero-order chi connectivity index (χ0) is 20.2. The van der Waals surface area contributed by atoms with Gasteiger partial charge in [-0.3, -0.25) is 0 Å². The van der Waals surface area contributed by atoms with Crippen LogP contribution < -0.4 is 15.9 Å². The summed E-state index contributed by atoms with van der Waals surface area (Å²) in [5, 5.41) is 3.55. The van der Waals surface area contributed by atoms with Crippen LogP contribution in [0.1, 0.15) is 11.1 Å². The van der Waals surface area contributed by atoms with Crippen molar-refractivity contribution in [2.75, 3.05) is 0 Å². The molecule has 0 atom stereocenters. The van der Waals surface area contributed by atoms with E-state index in [0.717, 1.165) is 11.7 Å². The summed E-state index contributed by atoms with van der Waals surface area (Å²) in [7, 11) is 0. The van der Waals surface area contributed by atoms with Gasteiger partial charge in [0.15, 0.2) is 0 Å². The van der Waals surface area contributed by atoms with E-state index in [1.807, 2.05) is 6.08 Å². The van der Waals surface area contributed by atoms with Crippen molar-refractivity contribution in [2.24, 2.45) is 0 Å². The van der Waals surface area contributed by atoms with E-state index in [0.29, 0.717) is 0 Å². The summed E-state index contributed by atoms with van der Waals surface area (Å²) in [6.45, 7) is 3.94. The number of benzene rings is 4. The maximum atomic E-state index is 8.11. The average molecular weight is 415 g/mol. The number of hydrogen-bond acceptors (Lipinski definition) is 0. The SMILES string of the molecule is C=Cc1cccc(CP(Cl)(c2ccccc2)(c2ccccc2)c2ccccc2)c1. The Labute approximate surface area is 178 Å². The normalized spacial score (nSPS) is 12.7. The van der Waals surface area contributed by atoms with E-state index < -0.39 is 5.96 Å². The molecule has 0 N–H and O–H groups in total. The third-order valence-electron chi connectivity index (χ3n) is 5.55. The third-order valence-corrected chi connectivity index (χ3v) is 12.7. The van der Waals surface area contributed by atoms with Crippen LogP contribution in [-0.4, -0.2) is 0 Å². The summed E-state index contributed by atoms with van der Waals surface area (Å²) in [6.07, 6.45) is 2.63. The van der Waals surface area contributed by atoms with Crippen LogP contribution in [0.5, 0.6) is 0 Å². The molecule has 0 radical (unpaired) electrons. The molecule has 0 aromatic heterocycles. The Kier molecular flexibility index (Phi) is 5.41. The molecule has 2 heteroatoms. The van der Waals surface area contributed by atoms with Crippen LogP contribution in [0, 0.1) is 0 Å². The standard InChI is InChI=1S/C27H24ClP/c1-2-23-13-12-14-24(21-23)22-29(28,25-15-6-3-7-16-25,26-17-8-4-9-18-26)27-19-10-5-11-20-27/h2-21H,1,22H2. The Morgan fingerprint density at radius 3 is 1.48 bits per heavy atom. The van der Waals surface area contributed by atoms with Gasteiger partial charge in [0.25, 0.3) is 0 Å². The average Bonchev–Trinajstić information content (AvgIpc) is 2.81. The van der Waals surface area contributed by atoms with E-state index in [1.54, 1.807) is 0 Å². The van der Waals surface area contributed by atoms with E-state index in [1.165, 1.54) is 21.5 Å². The van der Waals surface area contributed by atoms with Crippen LogP contribution in [0.4, 0.5) is 0 Å². The van der Waals surface area contributed by atoms with Gasteiger partial charge >= 0.3 is 178 Å². The van der Waals surface area contributed by atoms with E-state index in [-0.39, 0.29) is 0 Å². The maximum absolute atomic E-state index is 8.11. The van der Waals surface area contributed by atoms with Gasteiger partial charge in [-0.15, -0.1) is 0 Å². The number of halogens is 1. The fraction of sp³-hybridized carbons (Fsp3) is 0.0370. The van der Waals surface area contributed by atoms with E-state index >= 15 is 0 Å². The fourth-order valence-corrected chi connectivity index (χ4v) is 10.2. The molecule has 0 aliphatic rings. The molecule has 0 saturated heterocycles. The molecule has 0 aliphatic carbocycles. The molecule has 29 heavy (non-hydrogen) atoms. The van der Waals surface area contributed by atoms with Crippen molar-refractivity contribution in [2.45, 2.75) is 6.16 Å². The second kappa shape index (κ2) is 7.99. The first-order valence-corrected chi connectivity index (χ1v) is 13.1.